The number of aromatic hydroxyl groups is 2. The Morgan fingerprint density at radius 2 is 1.00 bits per heavy atom. The first-order valence-corrected chi connectivity index (χ1v) is 11.1. The summed E-state index contributed by atoms with van der Waals surface area (Å²) in [4.78, 5) is 6.67. The van der Waals surface area contributed by atoms with Gasteiger partial charge in [0.2, 0.25) is 0 Å². The minimum atomic E-state index is 0.112. The first-order chi connectivity index (χ1) is 16.4. The Morgan fingerprint density at radius 1 is 0.588 bits per heavy atom. The van der Waals surface area contributed by atoms with E-state index in [1.54, 1.807) is 14.2 Å². The lowest BCUT2D eigenvalue weighted by Crippen LogP contribution is -1.91. The van der Waals surface area contributed by atoms with E-state index in [1.807, 2.05) is 62.4 Å². The van der Waals surface area contributed by atoms with Gasteiger partial charge in [-0.1, -0.05) is 0 Å². The molecular formula is C28H24N2O4. The highest BCUT2D eigenvalue weighted by Gasteiger charge is 2.23. The molecule has 4 aromatic carbocycles. The highest BCUT2D eigenvalue weighted by molar-refractivity contribution is 6.15. The summed E-state index contributed by atoms with van der Waals surface area (Å²) in [6.07, 6.45) is 0. The highest BCUT2D eigenvalue weighted by atomic mass is 16.5. The topological polar surface area (TPSA) is 90.5 Å². The fraction of sp³-hybridized carbons (Fsp3) is 0.143. The fourth-order valence-corrected chi connectivity index (χ4v) is 5.14. The standard InChI is InChI=1S/C28H24N2O4/c1-13-9-19-17-11-15(33-3)5-7-21(17)29-25(19)27(31)23(13)24-14(2)10-20-18-12-16(34-4)6-8-22(18)30-26(20)28(24)32/h5-12,29-32H,1-4H3. The summed E-state index contributed by atoms with van der Waals surface area (Å²) in [5, 5.41) is 26.6. The van der Waals surface area contributed by atoms with Gasteiger partial charge in [0.15, 0.2) is 0 Å². The van der Waals surface area contributed by atoms with Crippen molar-refractivity contribution in [3.63, 3.8) is 0 Å². The van der Waals surface area contributed by atoms with Gasteiger partial charge in [0.05, 0.1) is 25.3 Å². The summed E-state index contributed by atoms with van der Waals surface area (Å²) >= 11 is 0. The molecule has 0 radical (unpaired) electrons. The van der Waals surface area contributed by atoms with E-state index in [4.69, 9.17) is 9.47 Å². The average molecular weight is 453 g/mol. The smallest absolute Gasteiger partial charge is 0.147 e. The van der Waals surface area contributed by atoms with Crippen LogP contribution in [0.25, 0.3) is 54.7 Å². The summed E-state index contributed by atoms with van der Waals surface area (Å²) in [6, 6.07) is 15.7. The third-order valence-corrected chi connectivity index (χ3v) is 6.80. The van der Waals surface area contributed by atoms with E-state index in [0.717, 1.165) is 55.2 Å². The van der Waals surface area contributed by atoms with E-state index in [2.05, 4.69) is 9.97 Å². The Balaban J connectivity index is 1.66. The van der Waals surface area contributed by atoms with E-state index in [-0.39, 0.29) is 11.5 Å². The molecule has 0 amide bonds. The number of hydrogen-bond donors (Lipinski definition) is 4. The number of rotatable bonds is 3. The van der Waals surface area contributed by atoms with Crippen molar-refractivity contribution in [2.75, 3.05) is 14.2 Å². The molecule has 6 nitrogen and oxygen atoms in total. The normalized spacial score (nSPS) is 11.8. The van der Waals surface area contributed by atoms with Crippen LogP contribution in [0.15, 0.2) is 48.5 Å². The number of aromatic amines is 2. The van der Waals surface area contributed by atoms with Crippen molar-refractivity contribution in [3.8, 4) is 34.1 Å². The van der Waals surface area contributed by atoms with Gasteiger partial charge in [-0.15, -0.1) is 0 Å². The van der Waals surface area contributed by atoms with Crippen LogP contribution >= 0.6 is 0 Å². The van der Waals surface area contributed by atoms with Crippen molar-refractivity contribution in [2.24, 2.45) is 0 Å². The van der Waals surface area contributed by atoms with Crippen molar-refractivity contribution >= 4 is 43.6 Å². The van der Waals surface area contributed by atoms with Crippen LogP contribution in [0.4, 0.5) is 0 Å². The van der Waals surface area contributed by atoms with Gasteiger partial charge in [0.1, 0.15) is 23.0 Å². The van der Waals surface area contributed by atoms with Crippen LogP contribution in [0.3, 0.4) is 0 Å². The number of hydrogen-bond acceptors (Lipinski definition) is 4. The van der Waals surface area contributed by atoms with E-state index < -0.39 is 0 Å². The summed E-state index contributed by atoms with van der Waals surface area (Å²) < 4.78 is 10.8. The first-order valence-electron chi connectivity index (χ1n) is 11.1. The molecule has 6 rings (SSSR count). The predicted octanol–water partition coefficient (Wildman–Crippen LogP) is 6.67. The van der Waals surface area contributed by atoms with Crippen LogP contribution in [0.5, 0.6) is 23.0 Å². The van der Waals surface area contributed by atoms with Crippen LogP contribution in [-0.4, -0.2) is 34.4 Å². The largest absolute Gasteiger partial charge is 0.505 e. The lowest BCUT2D eigenvalue weighted by Gasteiger charge is -2.15. The van der Waals surface area contributed by atoms with Crippen molar-refractivity contribution < 1.29 is 19.7 Å². The van der Waals surface area contributed by atoms with Gasteiger partial charge in [-0.25, -0.2) is 0 Å². The minimum absolute atomic E-state index is 0.112. The van der Waals surface area contributed by atoms with Gasteiger partial charge in [-0.2, -0.15) is 0 Å². The van der Waals surface area contributed by atoms with Crippen LogP contribution in [0.1, 0.15) is 11.1 Å². The first kappa shape index (κ1) is 20.3. The van der Waals surface area contributed by atoms with E-state index in [1.165, 1.54) is 0 Å². The number of H-pyrrole nitrogens is 2. The maximum absolute atomic E-state index is 11.4. The van der Waals surface area contributed by atoms with Gasteiger partial charge in [-0.3, -0.25) is 0 Å². The predicted molar refractivity (Wildman–Crippen MR) is 137 cm³/mol. The molecule has 6 aromatic rings. The van der Waals surface area contributed by atoms with Crippen molar-refractivity contribution in [1.82, 2.24) is 9.97 Å². The zero-order valence-corrected chi connectivity index (χ0v) is 19.3. The molecule has 170 valence electrons. The molecule has 0 aliphatic rings. The second kappa shape index (κ2) is 7.09. The van der Waals surface area contributed by atoms with Crippen LogP contribution in [-0.2, 0) is 0 Å². The summed E-state index contributed by atoms with van der Waals surface area (Å²) in [5.41, 5.74) is 6.02. The molecule has 4 N–H and O–H groups in total. The highest BCUT2D eigenvalue weighted by Crippen LogP contribution is 2.48. The molecule has 34 heavy (non-hydrogen) atoms. The van der Waals surface area contributed by atoms with E-state index in [9.17, 15) is 10.2 Å². The molecule has 0 aliphatic carbocycles. The zero-order valence-electron chi connectivity index (χ0n) is 19.3. The Kier molecular flexibility index (Phi) is 4.23. The van der Waals surface area contributed by atoms with Gasteiger partial charge < -0.3 is 29.7 Å². The molecule has 0 saturated carbocycles. The fourth-order valence-electron chi connectivity index (χ4n) is 5.14. The van der Waals surface area contributed by atoms with E-state index in [0.29, 0.717) is 22.2 Å². The Bertz CT molecular complexity index is 1640. The quantitative estimate of drug-likeness (QED) is 0.241. The molecule has 0 fully saturated rings. The number of nitrogens with one attached hydrogen (secondary N) is 2. The summed E-state index contributed by atoms with van der Waals surface area (Å²) in [7, 11) is 3.28. The minimum Gasteiger partial charge on any atom is -0.505 e. The molecule has 0 atom stereocenters. The zero-order chi connectivity index (χ0) is 23.7. The lowest BCUT2D eigenvalue weighted by atomic mass is 9.91. The van der Waals surface area contributed by atoms with Gasteiger partial charge in [-0.05, 0) is 73.5 Å². The number of methoxy groups -OCH3 is 2. The molecule has 0 bridgehead atoms. The van der Waals surface area contributed by atoms with Crippen molar-refractivity contribution in [3.05, 3.63) is 59.7 Å². The molecular weight excluding hydrogens is 428 g/mol. The average Bonchev–Trinajstić information content (AvgIpc) is 3.38. The van der Waals surface area contributed by atoms with Crippen LogP contribution < -0.4 is 9.47 Å². The van der Waals surface area contributed by atoms with Crippen molar-refractivity contribution in [1.29, 1.82) is 0 Å². The number of aryl methyl sites for hydroxylation is 2. The van der Waals surface area contributed by atoms with E-state index >= 15 is 0 Å². The van der Waals surface area contributed by atoms with Gasteiger partial charge in [0, 0.05) is 43.7 Å². The van der Waals surface area contributed by atoms with Crippen molar-refractivity contribution in [2.45, 2.75) is 13.8 Å². The molecule has 2 aromatic heterocycles. The third-order valence-electron chi connectivity index (χ3n) is 6.80. The molecule has 2 heterocycles. The Labute approximate surface area is 195 Å². The van der Waals surface area contributed by atoms with Gasteiger partial charge in [0.25, 0.3) is 0 Å². The summed E-state index contributed by atoms with van der Waals surface area (Å²) in [6.45, 7) is 3.90. The number of fused-ring (bicyclic) bond motifs is 6. The molecule has 0 aliphatic heterocycles. The maximum atomic E-state index is 11.4. The molecule has 0 saturated heterocycles. The number of benzene rings is 4. The Morgan fingerprint density at radius 3 is 1.38 bits per heavy atom. The SMILES string of the molecule is COc1ccc2[nH]c3c(O)c(-c4c(C)cc5c([nH]c6ccc(OC)cc65)c4O)c(C)cc3c2c1. The van der Waals surface area contributed by atoms with Crippen LogP contribution in [0.2, 0.25) is 0 Å². The van der Waals surface area contributed by atoms with Crippen LogP contribution in [0, 0.1) is 13.8 Å². The number of phenolic OH excluding ortho intramolecular Hbond substituents is 2. The molecule has 6 heteroatoms. The number of phenols is 2. The Hall–Kier alpha value is -4.32. The number of aromatic nitrogens is 2. The molecule has 0 unspecified atom stereocenters. The number of ether oxygens (including phenoxy) is 2. The molecule has 0 spiro atoms. The maximum Gasteiger partial charge on any atom is 0.147 e. The summed E-state index contributed by atoms with van der Waals surface area (Å²) in [5.74, 6) is 1.73. The second-order valence-corrected chi connectivity index (χ2v) is 8.75. The van der Waals surface area contributed by atoms with Gasteiger partial charge >= 0.3 is 0 Å². The second-order valence-electron chi connectivity index (χ2n) is 8.75. The lowest BCUT2D eigenvalue weighted by molar-refractivity contribution is 0.415. The monoisotopic (exact) mass is 452 g/mol. The third kappa shape index (κ3) is 2.68.